The van der Waals surface area contributed by atoms with Gasteiger partial charge in [-0.25, -0.2) is 0 Å². The highest BCUT2D eigenvalue weighted by Crippen LogP contribution is 2.43. The Balaban J connectivity index is 1.94. The van der Waals surface area contributed by atoms with Gasteiger partial charge in [-0.3, -0.25) is 4.79 Å². The maximum atomic E-state index is 13.0. The molecular weight excluding hydrogens is 438 g/mol. The standard InChI is InChI=1S/C22H24BrNO5/c1-5-27-18-8-6-14(13-17(18)24(2)3)20(25)16(23)12-15-7-9-19-22(21(15)26-4)29-11-10-28-19/h6-9,12-13H,5,10-11H2,1-4H3/b16-12+. The number of carbonyl (C=O) groups excluding carboxylic acids is 1. The van der Waals surface area contributed by atoms with E-state index in [4.69, 9.17) is 18.9 Å². The maximum Gasteiger partial charge on any atom is 0.204 e. The van der Waals surface area contributed by atoms with Gasteiger partial charge in [0.2, 0.25) is 5.75 Å². The van der Waals surface area contributed by atoms with E-state index in [0.29, 0.717) is 47.1 Å². The first-order valence-corrected chi connectivity index (χ1v) is 10.1. The van der Waals surface area contributed by atoms with Crippen molar-refractivity contribution in [2.24, 2.45) is 0 Å². The average molecular weight is 462 g/mol. The lowest BCUT2D eigenvalue weighted by Gasteiger charge is -2.21. The number of allylic oxidation sites excluding steroid dienone is 1. The van der Waals surface area contributed by atoms with Gasteiger partial charge in [0.25, 0.3) is 0 Å². The van der Waals surface area contributed by atoms with Crippen LogP contribution in [0.3, 0.4) is 0 Å². The second-order valence-corrected chi connectivity index (χ2v) is 7.40. The number of ketones is 1. The summed E-state index contributed by atoms with van der Waals surface area (Å²) in [7, 11) is 5.39. The third kappa shape index (κ3) is 4.50. The van der Waals surface area contributed by atoms with Crippen molar-refractivity contribution in [2.45, 2.75) is 6.92 Å². The molecule has 0 amide bonds. The highest BCUT2D eigenvalue weighted by Gasteiger charge is 2.21. The minimum atomic E-state index is -0.145. The number of methoxy groups -OCH3 is 1. The van der Waals surface area contributed by atoms with E-state index in [9.17, 15) is 4.79 Å². The van der Waals surface area contributed by atoms with Crippen LogP contribution in [-0.2, 0) is 0 Å². The minimum absolute atomic E-state index is 0.145. The molecule has 0 N–H and O–H groups in total. The summed E-state index contributed by atoms with van der Waals surface area (Å²) >= 11 is 3.43. The fourth-order valence-electron chi connectivity index (χ4n) is 3.06. The molecule has 0 aliphatic carbocycles. The monoisotopic (exact) mass is 461 g/mol. The first-order valence-electron chi connectivity index (χ1n) is 9.29. The molecule has 6 nitrogen and oxygen atoms in total. The van der Waals surface area contributed by atoms with E-state index in [2.05, 4.69) is 15.9 Å². The first-order chi connectivity index (χ1) is 14.0. The van der Waals surface area contributed by atoms with Gasteiger partial charge in [-0.1, -0.05) is 0 Å². The molecule has 0 atom stereocenters. The molecule has 1 heterocycles. The number of fused-ring (bicyclic) bond motifs is 1. The summed E-state index contributed by atoms with van der Waals surface area (Å²) in [4.78, 5) is 14.9. The highest BCUT2D eigenvalue weighted by atomic mass is 79.9. The second kappa shape index (κ2) is 9.22. The zero-order valence-corrected chi connectivity index (χ0v) is 18.5. The van der Waals surface area contributed by atoms with Gasteiger partial charge in [0.1, 0.15) is 19.0 Å². The fraction of sp³-hybridized carbons (Fsp3) is 0.318. The quantitative estimate of drug-likeness (QED) is 0.445. The number of benzene rings is 2. The Morgan fingerprint density at radius 1 is 1.21 bits per heavy atom. The van der Waals surface area contributed by atoms with Crippen molar-refractivity contribution in [2.75, 3.05) is 45.9 Å². The molecule has 29 heavy (non-hydrogen) atoms. The molecule has 7 heteroatoms. The van der Waals surface area contributed by atoms with Gasteiger partial charge < -0.3 is 23.8 Å². The van der Waals surface area contributed by atoms with E-state index in [-0.39, 0.29) is 5.78 Å². The highest BCUT2D eigenvalue weighted by molar-refractivity contribution is 9.12. The molecule has 1 aliphatic heterocycles. The second-order valence-electron chi connectivity index (χ2n) is 6.54. The lowest BCUT2D eigenvalue weighted by atomic mass is 10.1. The molecule has 0 saturated carbocycles. The Bertz CT molecular complexity index is 939. The summed E-state index contributed by atoms with van der Waals surface area (Å²) in [5, 5.41) is 0. The molecule has 1 aliphatic rings. The summed E-state index contributed by atoms with van der Waals surface area (Å²) in [5.74, 6) is 2.31. The van der Waals surface area contributed by atoms with E-state index in [1.807, 2.05) is 50.2 Å². The topological polar surface area (TPSA) is 57.2 Å². The third-order valence-corrected chi connectivity index (χ3v) is 4.99. The minimum Gasteiger partial charge on any atom is -0.492 e. The Labute approximate surface area is 179 Å². The van der Waals surface area contributed by atoms with Crippen molar-refractivity contribution in [3.05, 3.63) is 45.9 Å². The van der Waals surface area contributed by atoms with Crippen LogP contribution in [0.2, 0.25) is 0 Å². The van der Waals surface area contributed by atoms with Gasteiger partial charge in [0.15, 0.2) is 17.3 Å². The SMILES string of the molecule is CCOc1ccc(C(=O)/C(Br)=C\c2ccc3c(c2OC)OCCO3)cc1N(C)C. The van der Waals surface area contributed by atoms with Crippen LogP contribution < -0.4 is 23.8 Å². The number of Topliss-reactive ketones (excluding diaryl/α,β-unsaturated/α-hetero) is 1. The number of hydrogen-bond donors (Lipinski definition) is 0. The van der Waals surface area contributed by atoms with Crippen LogP contribution in [0.5, 0.6) is 23.0 Å². The molecule has 0 radical (unpaired) electrons. The maximum absolute atomic E-state index is 13.0. The smallest absolute Gasteiger partial charge is 0.204 e. The van der Waals surface area contributed by atoms with Crippen molar-refractivity contribution >= 4 is 33.5 Å². The number of nitrogens with zero attached hydrogens (tertiary/aromatic N) is 1. The van der Waals surface area contributed by atoms with Crippen molar-refractivity contribution in [1.29, 1.82) is 0 Å². The van der Waals surface area contributed by atoms with Crippen LogP contribution in [0.25, 0.3) is 6.08 Å². The average Bonchev–Trinajstić information content (AvgIpc) is 2.73. The largest absolute Gasteiger partial charge is 0.492 e. The summed E-state index contributed by atoms with van der Waals surface area (Å²) in [6.45, 7) is 3.44. The summed E-state index contributed by atoms with van der Waals surface area (Å²) in [6.07, 6.45) is 1.73. The predicted molar refractivity (Wildman–Crippen MR) is 117 cm³/mol. The van der Waals surface area contributed by atoms with E-state index in [1.165, 1.54) is 0 Å². The van der Waals surface area contributed by atoms with Gasteiger partial charge in [0.05, 0.1) is 23.9 Å². The van der Waals surface area contributed by atoms with E-state index in [1.54, 1.807) is 19.3 Å². The lowest BCUT2D eigenvalue weighted by molar-refractivity contribution is 0.104. The van der Waals surface area contributed by atoms with Crippen molar-refractivity contribution in [3.8, 4) is 23.0 Å². The van der Waals surface area contributed by atoms with Gasteiger partial charge in [-0.05, 0) is 59.3 Å². The zero-order chi connectivity index (χ0) is 21.0. The van der Waals surface area contributed by atoms with Crippen molar-refractivity contribution < 1.29 is 23.7 Å². The van der Waals surface area contributed by atoms with Gasteiger partial charge in [-0.2, -0.15) is 0 Å². The van der Waals surface area contributed by atoms with Gasteiger partial charge in [-0.15, -0.1) is 0 Å². The number of anilines is 1. The molecule has 0 aromatic heterocycles. The van der Waals surface area contributed by atoms with Crippen LogP contribution in [0.15, 0.2) is 34.8 Å². The normalized spacial score (nSPS) is 13.1. The number of halogens is 1. The first kappa shape index (κ1) is 21.0. The zero-order valence-electron chi connectivity index (χ0n) is 17.0. The molecule has 154 valence electrons. The summed E-state index contributed by atoms with van der Waals surface area (Å²) in [6, 6.07) is 9.05. The van der Waals surface area contributed by atoms with Crippen LogP contribution in [0, 0.1) is 0 Å². The predicted octanol–water partition coefficient (Wildman–Crippen LogP) is 4.55. The molecule has 0 unspecified atom stereocenters. The lowest BCUT2D eigenvalue weighted by Crippen LogP contribution is -2.16. The fourth-order valence-corrected chi connectivity index (χ4v) is 3.53. The molecule has 0 spiro atoms. The molecule has 3 rings (SSSR count). The molecular formula is C22H24BrNO5. The molecule has 2 aromatic rings. The number of hydrogen-bond acceptors (Lipinski definition) is 6. The Kier molecular flexibility index (Phi) is 6.69. The third-order valence-electron chi connectivity index (χ3n) is 4.40. The number of ether oxygens (including phenoxy) is 4. The van der Waals surface area contributed by atoms with Crippen LogP contribution >= 0.6 is 15.9 Å². The summed E-state index contributed by atoms with van der Waals surface area (Å²) < 4.78 is 22.9. The molecule has 0 bridgehead atoms. The van der Waals surface area contributed by atoms with Gasteiger partial charge >= 0.3 is 0 Å². The van der Waals surface area contributed by atoms with Crippen LogP contribution in [-0.4, -0.2) is 46.8 Å². The van der Waals surface area contributed by atoms with E-state index < -0.39 is 0 Å². The molecule has 0 saturated heterocycles. The number of rotatable bonds is 7. The molecule has 0 fully saturated rings. The van der Waals surface area contributed by atoms with Crippen LogP contribution in [0.1, 0.15) is 22.8 Å². The Hall–Kier alpha value is -2.67. The van der Waals surface area contributed by atoms with E-state index >= 15 is 0 Å². The van der Waals surface area contributed by atoms with E-state index in [0.717, 1.165) is 17.0 Å². The van der Waals surface area contributed by atoms with Crippen molar-refractivity contribution in [3.63, 3.8) is 0 Å². The Morgan fingerprint density at radius 3 is 2.66 bits per heavy atom. The number of carbonyl (C=O) groups is 1. The van der Waals surface area contributed by atoms with Crippen molar-refractivity contribution in [1.82, 2.24) is 0 Å². The van der Waals surface area contributed by atoms with Gasteiger partial charge in [0, 0.05) is 25.2 Å². The Morgan fingerprint density at radius 2 is 1.97 bits per heavy atom. The summed E-state index contributed by atoms with van der Waals surface area (Å²) in [5.41, 5.74) is 2.11. The van der Waals surface area contributed by atoms with Crippen LogP contribution in [0.4, 0.5) is 5.69 Å². The molecule has 2 aromatic carbocycles.